The Morgan fingerprint density at radius 3 is 2.84 bits per heavy atom. The maximum atomic E-state index is 13.1. The van der Waals surface area contributed by atoms with Crippen LogP contribution in [0.2, 0.25) is 5.02 Å². The number of alkyl halides is 1. The normalized spacial score (nSPS) is 22.8. The third-order valence-electron chi connectivity index (χ3n) is 3.13. The average molecular weight is 282 g/mol. The van der Waals surface area contributed by atoms with E-state index in [9.17, 15) is 4.39 Å². The molecule has 1 aromatic heterocycles. The number of aromatic nitrogens is 2. The first-order valence-electron chi connectivity index (χ1n) is 6.15. The van der Waals surface area contributed by atoms with E-state index in [2.05, 4.69) is 15.5 Å². The lowest BCUT2D eigenvalue weighted by molar-refractivity contribution is 0.322. The van der Waals surface area contributed by atoms with E-state index < -0.39 is 6.17 Å². The van der Waals surface area contributed by atoms with E-state index in [1.165, 1.54) is 0 Å². The quantitative estimate of drug-likeness (QED) is 0.940. The summed E-state index contributed by atoms with van der Waals surface area (Å²) in [4.78, 5) is 4.30. The highest BCUT2D eigenvalue weighted by atomic mass is 35.5. The van der Waals surface area contributed by atoms with Crippen molar-refractivity contribution in [3.05, 3.63) is 46.6 Å². The van der Waals surface area contributed by atoms with Gasteiger partial charge in [0, 0.05) is 24.4 Å². The predicted molar refractivity (Wildman–Crippen MR) is 68.8 cm³/mol. The molecule has 0 saturated carbocycles. The molecular formula is C13H13ClFN3O. The van der Waals surface area contributed by atoms with Crippen LogP contribution in [0.4, 0.5) is 4.39 Å². The van der Waals surface area contributed by atoms with Crippen LogP contribution in [0.5, 0.6) is 0 Å². The van der Waals surface area contributed by atoms with Crippen molar-refractivity contribution in [3.8, 4) is 0 Å². The highest BCUT2D eigenvalue weighted by Crippen LogP contribution is 2.24. The minimum Gasteiger partial charge on any atom is -0.338 e. The van der Waals surface area contributed by atoms with Crippen LogP contribution in [-0.4, -0.2) is 22.9 Å². The maximum Gasteiger partial charge on any atom is 0.243 e. The fourth-order valence-corrected chi connectivity index (χ4v) is 2.27. The van der Waals surface area contributed by atoms with E-state index in [0.29, 0.717) is 36.1 Å². The van der Waals surface area contributed by atoms with E-state index in [-0.39, 0.29) is 6.04 Å². The van der Waals surface area contributed by atoms with E-state index >= 15 is 0 Å². The topological polar surface area (TPSA) is 51.0 Å². The average Bonchev–Trinajstić information content (AvgIpc) is 3.01. The highest BCUT2D eigenvalue weighted by molar-refractivity contribution is 6.30. The molecule has 19 heavy (non-hydrogen) atoms. The molecule has 2 atom stereocenters. The largest absolute Gasteiger partial charge is 0.338 e. The summed E-state index contributed by atoms with van der Waals surface area (Å²) in [5, 5.41) is 7.64. The van der Waals surface area contributed by atoms with Crippen molar-refractivity contribution in [2.45, 2.75) is 25.1 Å². The van der Waals surface area contributed by atoms with Gasteiger partial charge in [-0.2, -0.15) is 4.98 Å². The van der Waals surface area contributed by atoms with Gasteiger partial charge in [-0.3, -0.25) is 0 Å². The van der Waals surface area contributed by atoms with Crippen molar-refractivity contribution in [1.82, 2.24) is 15.5 Å². The van der Waals surface area contributed by atoms with Crippen molar-refractivity contribution in [2.24, 2.45) is 0 Å². The van der Waals surface area contributed by atoms with Gasteiger partial charge in [-0.15, -0.1) is 0 Å². The number of nitrogens with zero attached hydrogens (tertiary/aromatic N) is 2. The first-order valence-corrected chi connectivity index (χ1v) is 6.53. The Labute approximate surface area is 115 Å². The van der Waals surface area contributed by atoms with E-state index in [1.54, 1.807) is 0 Å². The van der Waals surface area contributed by atoms with Gasteiger partial charge in [0.05, 0.1) is 6.04 Å². The second-order valence-corrected chi connectivity index (χ2v) is 5.08. The minimum absolute atomic E-state index is 0.165. The van der Waals surface area contributed by atoms with Gasteiger partial charge in [-0.05, 0) is 17.7 Å². The monoisotopic (exact) mass is 281 g/mol. The molecule has 0 aliphatic carbocycles. The van der Waals surface area contributed by atoms with Gasteiger partial charge in [0.25, 0.3) is 0 Å². The molecular weight excluding hydrogens is 269 g/mol. The van der Waals surface area contributed by atoms with Crippen LogP contribution in [0.15, 0.2) is 28.8 Å². The maximum absolute atomic E-state index is 13.1. The van der Waals surface area contributed by atoms with Crippen molar-refractivity contribution >= 4 is 11.6 Å². The van der Waals surface area contributed by atoms with Crippen LogP contribution >= 0.6 is 11.6 Å². The molecule has 1 aromatic carbocycles. The fourth-order valence-electron chi connectivity index (χ4n) is 2.15. The Kier molecular flexibility index (Phi) is 3.48. The smallest absolute Gasteiger partial charge is 0.243 e. The summed E-state index contributed by atoms with van der Waals surface area (Å²) in [6.45, 7) is 0.347. The highest BCUT2D eigenvalue weighted by Gasteiger charge is 2.29. The number of hydrogen-bond donors (Lipinski definition) is 1. The molecule has 2 heterocycles. The summed E-state index contributed by atoms with van der Waals surface area (Å²) in [5.41, 5.74) is 1.06. The van der Waals surface area contributed by atoms with Crippen molar-refractivity contribution < 1.29 is 8.91 Å². The van der Waals surface area contributed by atoms with E-state index in [0.717, 1.165) is 5.56 Å². The van der Waals surface area contributed by atoms with E-state index in [4.69, 9.17) is 16.1 Å². The van der Waals surface area contributed by atoms with Crippen molar-refractivity contribution in [2.75, 3.05) is 6.54 Å². The third-order valence-corrected chi connectivity index (χ3v) is 3.39. The van der Waals surface area contributed by atoms with Crippen molar-refractivity contribution in [1.29, 1.82) is 0 Å². The summed E-state index contributed by atoms with van der Waals surface area (Å²) in [6, 6.07) is 7.32. The van der Waals surface area contributed by atoms with Gasteiger partial charge < -0.3 is 9.84 Å². The summed E-state index contributed by atoms with van der Waals surface area (Å²) in [7, 11) is 0. The SMILES string of the molecule is F[C@@H]1CN[C@@H](c2nc(Cc3ccc(Cl)cc3)no2)C1. The molecule has 1 N–H and O–H groups in total. The third kappa shape index (κ3) is 2.93. The molecule has 0 spiro atoms. The van der Waals surface area contributed by atoms with Crippen LogP contribution in [0.3, 0.4) is 0 Å². The Hall–Kier alpha value is -1.46. The molecule has 4 nitrogen and oxygen atoms in total. The molecule has 1 fully saturated rings. The molecule has 0 radical (unpaired) electrons. The number of hydrogen-bond acceptors (Lipinski definition) is 4. The molecule has 100 valence electrons. The van der Waals surface area contributed by atoms with Crippen LogP contribution in [0.25, 0.3) is 0 Å². The summed E-state index contributed by atoms with van der Waals surface area (Å²) in [6.07, 6.45) is 0.131. The second kappa shape index (κ2) is 5.27. The number of rotatable bonds is 3. The number of nitrogens with one attached hydrogen (secondary N) is 1. The lowest BCUT2D eigenvalue weighted by Gasteiger charge is -2.01. The van der Waals surface area contributed by atoms with Gasteiger partial charge in [-0.1, -0.05) is 28.9 Å². The first-order chi connectivity index (χ1) is 9.20. The second-order valence-electron chi connectivity index (χ2n) is 4.65. The summed E-state index contributed by atoms with van der Waals surface area (Å²) < 4.78 is 18.3. The van der Waals surface area contributed by atoms with E-state index in [1.807, 2.05) is 24.3 Å². The Morgan fingerprint density at radius 2 is 2.16 bits per heavy atom. The molecule has 6 heteroatoms. The van der Waals surface area contributed by atoms with Crippen LogP contribution < -0.4 is 5.32 Å². The van der Waals surface area contributed by atoms with Gasteiger partial charge in [0.15, 0.2) is 5.82 Å². The molecule has 3 rings (SSSR count). The number of benzene rings is 1. The molecule has 1 aliphatic rings. The zero-order valence-electron chi connectivity index (χ0n) is 10.1. The zero-order valence-corrected chi connectivity index (χ0v) is 10.9. The zero-order chi connectivity index (χ0) is 13.2. The van der Waals surface area contributed by atoms with Gasteiger partial charge in [0.1, 0.15) is 6.17 Å². The van der Waals surface area contributed by atoms with Crippen LogP contribution in [-0.2, 0) is 6.42 Å². The standard InChI is InChI=1S/C13H13ClFN3O/c14-9-3-1-8(2-4-9)5-12-17-13(19-18-12)11-6-10(15)7-16-11/h1-4,10-11,16H,5-7H2/t10-,11+/m0/s1. The summed E-state index contributed by atoms with van der Waals surface area (Å²) in [5.74, 6) is 1.06. The molecule has 0 bridgehead atoms. The lowest BCUT2D eigenvalue weighted by atomic mass is 10.1. The molecule has 2 aromatic rings. The van der Waals surface area contributed by atoms with Gasteiger partial charge in [0.2, 0.25) is 5.89 Å². The van der Waals surface area contributed by atoms with Crippen molar-refractivity contribution in [3.63, 3.8) is 0 Å². The summed E-state index contributed by atoms with van der Waals surface area (Å²) >= 11 is 5.82. The minimum atomic E-state index is -0.836. The van der Waals surface area contributed by atoms with Crippen LogP contribution in [0.1, 0.15) is 29.7 Å². The predicted octanol–water partition coefficient (Wildman–Crippen LogP) is 2.69. The molecule has 0 unspecified atom stereocenters. The van der Waals surface area contributed by atoms with Gasteiger partial charge in [-0.25, -0.2) is 4.39 Å². The molecule has 1 aliphatic heterocycles. The van der Waals surface area contributed by atoms with Crippen LogP contribution in [0, 0.1) is 0 Å². The Bertz CT molecular complexity index is 557. The molecule has 1 saturated heterocycles. The lowest BCUT2D eigenvalue weighted by Crippen LogP contribution is -2.14. The fraction of sp³-hybridized carbons (Fsp3) is 0.385. The molecule has 0 amide bonds. The first kappa shape index (κ1) is 12.6. The Morgan fingerprint density at radius 1 is 1.37 bits per heavy atom. The Balaban J connectivity index is 1.69. The number of halogens is 2. The van der Waals surface area contributed by atoms with Gasteiger partial charge >= 0.3 is 0 Å².